The lowest BCUT2D eigenvalue weighted by molar-refractivity contribution is 1.14. The fourth-order valence-electron chi connectivity index (χ4n) is 0.699. The molecule has 0 heterocycles. The van der Waals surface area contributed by atoms with Crippen LogP contribution < -0.4 is 0 Å². The average molecular weight is 178 g/mol. The van der Waals surface area contributed by atoms with Gasteiger partial charge in [-0.2, -0.15) is 5.26 Å². The smallest absolute Gasteiger partial charge is 0.195 e. The van der Waals surface area contributed by atoms with Crippen molar-refractivity contribution in [1.82, 2.24) is 0 Å². The Morgan fingerprint density at radius 1 is 1.42 bits per heavy atom. The Bertz CT molecular complexity index is 294. The Balaban J connectivity index is 2.64. The van der Waals surface area contributed by atoms with Gasteiger partial charge >= 0.3 is 0 Å². The Morgan fingerprint density at radius 2 is 2.08 bits per heavy atom. The van der Waals surface area contributed by atoms with Crippen LogP contribution in [0.4, 0.5) is 0 Å². The summed E-state index contributed by atoms with van der Waals surface area (Å²) in [5, 5.41) is 10.2. The number of rotatable bonds is 3. The third-order valence-electron chi connectivity index (χ3n) is 1.20. The summed E-state index contributed by atoms with van der Waals surface area (Å²) in [5.41, 5.74) is 0. The molecular formula is C8H6N2OS. The van der Waals surface area contributed by atoms with Crippen LogP contribution in [0.3, 0.4) is 0 Å². The van der Waals surface area contributed by atoms with Gasteiger partial charge < -0.3 is 0 Å². The number of benzene rings is 1. The highest BCUT2D eigenvalue weighted by Crippen LogP contribution is 2.22. The maximum absolute atomic E-state index is 10.0. The average Bonchev–Trinajstić information content (AvgIpc) is 2.16. The molecule has 1 rings (SSSR count). The van der Waals surface area contributed by atoms with E-state index in [1.54, 1.807) is 6.07 Å². The molecule has 0 aliphatic rings. The van der Waals surface area contributed by atoms with Crippen LogP contribution in [0.15, 0.2) is 40.4 Å². The minimum atomic E-state index is -0.840. The molecule has 1 atom stereocenters. The van der Waals surface area contributed by atoms with E-state index in [0.29, 0.717) is 0 Å². The van der Waals surface area contributed by atoms with Gasteiger partial charge in [0.1, 0.15) is 6.07 Å². The van der Waals surface area contributed by atoms with E-state index < -0.39 is 5.37 Å². The lowest BCUT2D eigenvalue weighted by Gasteiger charge is -1.98. The van der Waals surface area contributed by atoms with Gasteiger partial charge in [0.05, 0.1) is 0 Å². The fourth-order valence-corrected chi connectivity index (χ4v) is 1.37. The third-order valence-corrected chi connectivity index (χ3v) is 2.16. The van der Waals surface area contributed by atoms with E-state index in [4.69, 9.17) is 5.26 Å². The molecule has 12 heavy (non-hydrogen) atoms. The Labute approximate surface area is 74.4 Å². The van der Waals surface area contributed by atoms with Crippen molar-refractivity contribution < 1.29 is 0 Å². The van der Waals surface area contributed by atoms with Crippen LogP contribution in [0.5, 0.6) is 0 Å². The van der Waals surface area contributed by atoms with Gasteiger partial charge in [-0.1, -0.05) is 30.0 Å². The standard InChI is InChI=1S/C8H6N2OS/c9-6-8(10-11)12-7-4-2-1-3-5-7/h1-5,8H. The topological polar surface area (TPSA) is 53.2 Å². The minimum absolute atomic E-state index is 0.840. The summed E-state index contributed by atoms with van der Waals surface area (Å²) in [6.07, 6.45) is 0. The molecule has 0 aromatic heterocycles. The quantitative estimate of drug-likeness (QED) is 0.527. The van der Waals surface area contributed by atoms with Gasteiger partial charge in [-0.15, -0.1) is 4.91 Å². The molecule has 0 radical (unpaired) electrons. The van der Waals surface area contributed by atoms with Crippen molar-refractivity contribution >= 4 is 11.8 Å². The van der Waals surface area contributed by atoms with Crippen LogP contribution in [-0.2, 0) is 0 Å². The maximum atomic E-state index is 10.0. The molecule has 1 unspecified atom stereocenters. The second kappa shape index (κ2) is 4.52. The van der Waals surface area contributed by atoms with Crippen LogP contribution in [-0.4, -0.2) is 5.37 Å². The normalized spacial score (nSPS) is 11.6. The molecule has 3 nitrogen and oxygen atoms in total. The Kier molecular flexibility index (Phi) is 3.30. The van der Waals surface area contributed by atoms with Crippen molar-refractivity contribution in [3.8, 4) is 6.07 Å². The molecule has 0 saturated heterocycles. The SMILES string of the molecule is N#CC(N=O)Sc1ccccc1. The van der Waals surface area contributed by atoms with Crippen molar-refractivity contribution in [1.29, 1.82) is 5.26 Å². The second-order valence-electron chi connectivity index (χ2n) is 2.02. The molecule has 0 saturated carbocycles. The number of thioether (sulfide) groups is 1. The van der Waals surface area contributed by atoms with Gasteiger partial charge in [0.2, 0.25) is 5.37 Å². The summed E-state index contributed by atoms with van der Waals surface area (Å²) in [6.45, 7) is 0. The summed E-state index contributed by atoms with van der Waals surface area (Å²) in [5.74, 6) is 0. The summed E-state index contributed by atoms with van der Waals surface area (Å²) in [7, 11) is 0. The number of nitroso groups, excluding NO2 is 1. The van der Waals surface area contributed by atoms with Gasteiger partial charge in [-0.05, 0) is 17.3 Å². The van der Waals surface area contributed by atoms with Crippen molar-refractivity contribution in [3.63, 3.8) is 0 Å². The Hall–Kier alpha value is -1.34. The van der Waals surface area contributed by atoms with E-state index in [1.807, 2.05) is 30.3 Å². The third kappa shape index (κ3) is 2.36. The molecule has 0 spiro atoms. The predicted octanol–water partition coefficient (Wildman–Crippen LogP) is 2.39. The van der Waals surface area contributed by atoms with Crippen LogP contribution in [0, 0.1) is 16.2 Å². The first-order valence-corrected chi connectivity index (χ1v) is 4.18. The zero-order chi connectivity index (χ0) is 8.81. The molecule has 0 aliphatic heterocycles. The maximum Gasteiger partial charge on any atom is 0.227 e. The van der Waals surface area contributed by atoms with Gasteiger partial charge in [0, 0.05) is 4.90 Å². The molecule has 0 fully saturated rings. The monoisotopic (exact) mass is 178 g/mol. The van der Waals surface area contributed by atoms with Crippen LogP contribution in [0.1, 0.15) is 0 Å². The molecular weight excluding hydrogens is 172 g/mol. The number of nitrogens with zero attached hydrogens (tertiary/aromatic N) is 2. The second-order valence-corrected chi connectivity index (χ2v) is 3.17. The fraction of sp³-hybridized carbons (Fsp3) is 0.125. The van der Waals surface area contributed by atoms with Crippen molar-refractivity contribution in [3.05, 3.63) is 35.2 Å². The lowest BCUT2D eigenvalue weighted by Crippen LogP contribution is -1.90. The molecule has 0 N–H and O–H groups in total. The van der Waals surface area contributed by atoms with Crippen molar-refractivity contribution in [2.24, 2.45) is 5.18 Å². The highest BCUT2D eigenvalue weighted by atomic mass is 32.2. The number of hydrogen-bond acceptors (Lipinski definition) is 4. The summed E-state index contributed by atoms with van der Waals surface area (Å²) < 4.78 is 0. The summed E-state index contributed by atoms with van der Waals surface area (Å²) in [6, 6.07) is 11.0. The summed E-state index contributed by atoms with van der Waals surface area (Å²) in [4.78, 5) is 10.9. The largest absolute Gasteiger partial charge is 0.227 e. The first-order valence-electron chi connectivity index (χ1n) is 3.30. The first kappa shape index (κ1) is 8.75. The van der Waals surface area contributed by atoms with E-state index in [-0.39, 0.29) is 0 Å². The zero-order valence-corrected chi connectivity index (χ0v) is 6.99. The molecule has 1 aromatic rings. The van der Waals surface area contributed by atoms with Crippen molar-refractivity contribution in [2.75, 3.05) is 0 Å². The summed E-state index contributed by atoms with van der Waals surface area (Å²) >= 11 is 1.15. The lowest BCUT2D eigenvalue weighted by atomic mass is 10.4. The van der Waals surface area contributed by atoms with E-state index in [2.05, 4.69) is 5.18 Å². The molecule has 4 heteroatoms. The van der Waals surface area contributed by atoms with E-state index >= 15 is 0 Å². The van der Waals surface area contributed by atoms with E-state index in [9.17, 15) is 4.91 Å². The van der Waals surface area contributed by atoms with Gasteiger partial charge in [-0.3, -0.25) is 0 Å². The van der Waals surface area contributed by atoms with Gasteiger partial charge in [0.15, 0.2) is 0 Å². The minimum Gasteiger partial charge on any atom is -0.195 e. The van der Waals surface area contributed by atoms with Crippen LogP contribution in [0.25, 0.3) is 0 Å². The zero-order valence-electron chi connectivity index (χ0n) is 6.18. The highest BCUT2D eigenvalue weighted by molar-refractivity contribution is 8.00. The molecule has 1 aromatic carbocycles. The Morgan fingerprint density at radius 3 is 2.58 bits per heavy atom. The molecule has 60 valence electrons. The van der Waals surface area contributed by atoms with Gasteiger partial charge in [0.25, 0.3) is 0 Å². The number of hydrogen-bond donors (Lipinski definition) is 0. The molecule has 0 aliphatic carbocycles. The van der Waals surface area contributed by atoms with E-state index in [0.717, 1.165) is 16.7 Å². The first-order chi connectivity index (χ1) is 5.86. The van der Waals surface area contributed by atoms with E-state index in [1.165, 1.54) is 0 Å². The van der Waals surface area contributed by atoms with Crippen LogP contribution >= 0.6 is 11.8 Å². The highest BCUT2D eigenvalue weighted by Gasteiger charge is 2.07. The van der Waals surface area contributed by atoms with Crippen molar-refractivity contribution in [2.45, 2.75) is 10.3 Å². The predicted molar refractivity (Wildman–Crippen MR) is 47.5 cm³/mol. The van der Waals surface area contributed by atoms with Gasteiger partial charge in [-0.25, -0.2) is 0 Å². The molecule has 0 amide bonds. The van der Waals surface area contributed by atoms with Crippen LogP contribution in [0.2, 0.25) is 0 Å². The number of nitriles is 1. The molecule has 0 bridgehead atoms.